The van der Waals surface area contributed by atoms with Crippen molar-refractivity contribution in [1.82, 2.24) is 4.90 Å². The molecule has 11 heteroatoms. The highest BCUT2D eigenvalue weighted by molar-refractivity contribution is 8.04. The highest BCUT2D eigenvalue weighted by Crippen LogP contribution is 2.41. The fourth-order valence-corrected chi connectivity index (χ4v) is 6.16. The molecule has 2 atom stereocenters. The van der Waals surface area contributed by atoms with Gasteiger partial charge in [-0.2, -0.15) is 0 Å². The van der Waals surface area contributed by atoms with Crippen LogP contribution in [0.1, 0.15) is 11.6 Å². The van der Waals surface area contributed by atoms with Crippen LogP contribution in [0.25, 0.3) is 0 Å². The number of nitrogens with zero attached hydrogens (tertiary/aromatic N) is 5. The highest BCUT2D eigenvalue weighted by Gasteiger charge is 2.34. The second-order valence-corrected chi connectivity index (χ2v) is 11.6. The van der Waals surface area contributed by atoms with Gasteiger partial charge in [-0.25, -0.2) is 9.98 Å². The predicted octanol–water partition coefficient (Wildman–Crippen LogP) is 4.25. The lowest BCUT2D eigenvalue weighted by Crippen LogP contribution is -2.40. The van der Waals surface area contributed by atoms with Crippen molar-refractivity contribution >= 4 is 52.1 Å². The third-order valence-electron chi connectivity index (χ3n) is 7.54. The summed E-state index contributed by atoms with van der Waals surface area (Å²) in [6, 6.07) is 12.1. The molecule has 2 aromatic rings. The van der Waals surface area contributed by atoms with Gasteiger partial charge in [0.2, 0.25) is 11.9 Å². The Labute approximate surface area is 252 Å². The van der Waals surface area contributed by atoms with E-state index in [4.69, 9.17) is 19.5 Å². The molecule has 0 aromatic heterocycles. The van der Waals surface area contributed by atoms with Crippen molar-refractivity contribution in [1.29, 1.82) is 0 Å². The van der Waals surface area contributed by atoms with Gasteiger partial charge >= 0.3 is 0 Å². The summed E-state index contributed by atoms with van der Waals surface area (Å²) in [5, 5.41) is 8.56. The second-order valence-electron chi connectivity index (χ2n) is 10.5. The van der Waals surface area contributed by atoms with Gasteiger partial charge in [0.1, 0.15) is 5.75 Å². The third kappa shape index (κ3) is 6.80. The average molecular weight is 590 g/mol. The molecule has 5 rings (SSSR count). The molecule has 1 saturated heterocycles. The van der Waals surface area contributed by atoms with Crippen LogP contribution in [-0.2, 0) is 9.53 Å². The number of allylic oxidation sites excluding steroid dienone is 1. The van der Waals surface area contributed by atoms with Crippen LogP contribution in [0.3, 0.4) is 0 Å². The van der Waals surface area contributed by atoms with E-state index in [9.17, 15) is 4.79 Å². The Bertz CT molecular complexity index is 1400. The molecule has 1 amide bonds. The molecule has 3 aliphatic heterocycles. The van der Waals surface area contributed by atoms with Crippen molar-refractivity contribution < 1.29 is 14.3 Å². The number of guanidine groups is 1. The Morgan fingerprint density at radius 3 is 2.76 bits per heavy atom. The lowest BCUT2D eigenvalue weighted by atomic mass is 9.99. The van der Waals surface area contributed by atoms with Gasteiger partial charge in [-0.05, 0) is 41.3 Å². The molecule has 10 nitrogen and oxygen atoms in total. The Balaban J connectivity index is 1.45. The number of anilines is 4. The maximum absolute atomic E-state index is 12.4. The van der Waals surface area contributed by atoms with Gasteiger partial charge in [-0.3, -0.25) is 9.69 Å². The molecule has 3 aliphatic rings. The minimum atomic E-state index is -0.291. The number of rotatable bonds is 10. The van der Waals surface area contributed by atoms with Crippen LogP contribution in [0.2, 0.25) is 0 Å². The van der Waals surface area contributed by atoms with E-state index in [0.29, 0.717) is 23.1 Å². The minimum Gasteiger partial charge on any atom is -0.494 e. The topological polar surface area (TPSA) is 94.0 Å². The quantitative estimate of drug-likeness (QED) is 0.398. The van der Waals surface area contributed by atoms with Crippen molar-refractivity contribution in [3.8, 4) is 5.75 Å². The van der Waals surface area contributed by atoms with Gasteiger partial charge in [0.15, 0.2) is 0 Å². The maximum Gasteiger partial charge on any atom is 0.247 e. The Hall–Kier alpha value is -3.80. The molecule has 2 N–H and O–H groups in total. The normalized spacial score (nSPS) is 19.8. The number of aliphatic imine (C=N–C) groups is 2. The smallest absolute Gasteiger partial charge is 0.247 e. The number of carbonyl (C=O) groups excluding carboxylic acids is 1. The number of benzene rings is 2. The van der Waals surface area contributed by atoms with Crippen LogP contribution in [0.15, 0.2) is 70.5 Å². The van der Waals surface area contributed by atoms with Gasteiger partial charge in [0.05, 0.1) is 54.4 Å². The lowest BCUT2D eigenvalue weighted by molar-refractivity contribution is -0.111. The molecule has 0 saturated carbocycles. The fourth-order valence-electron chi connectivity index (χ4n) is 5.13. The summed E-state index contributed by atoms with van der Waals surface area (Å²) in [4.78, 5) is 28.9. The molecular formula is C31H39N7O3S. The van der Waals surface area contributed by atoms with Gasteiger partial charge in [-0.15, -0.1) is 11.8 Å². The van der Waals surface area contributed by atoms with Crippen molar-refractivity contribution in [3.05, 3.63) is 66.1 Å². The molecule has 222 valence electrons. The van der Waals surface area contributed by atoms with E-state index in [1.807, 2.05) is 39.4 Å². The van der Waals surface area contributed by atoms with E-state index >= 15 is 0 Å². The molecule has 2 unspecified atom stereocenters. The molecule has 0 bridgehead atoms. The summed E-state index contributed by atoms with van der Waals surface area (Å²) in [5.41, 5.74) is 5.34. The Morgan fingerprint density at radius 2 is 2.02 bits per heavy atom. The van der Waals surface area contributed by atoms with E-state index in [0.717, 1.165) is 62.0 Å². The van der Waals surface area contributed by atoms with Gasteiger partial charge in [-0.1, -0.05) is 18.7 Å². The first-order chi connectivity index (χ1) is 20.4. The number of hydrogen-bond donors (Lipinski definition) is 2. The SMILES string of the molecule is C=CC(=O)Nc1cc(NC2=NC(c3cccc(N(C)C)c3)C3SC=CC3=N2)c(OC)cc1N(C)CCN1CCOCC1. The van der Waals surface area contributed by atoms with E-state index in [1.54, 1.807) is 18.9 Å². The zero-order valence-electron chi connectivity index (χ0n) is 24.7. The van der Waals surface area contributed by atoms with Gasteiger partial charge < -0.3 is 29.9 Å². The van der Waals surface area contributed by atoms with E-state index in [2.05, 4.69) is 61.6 Å². The number of morpholine rings is 1. The molecule has 3 heterocycles. The van der Waals surface area contributed by atoms with E-state index in [-0.39, 0.29) is 17.2 Å². The summed E-state index contributed by atoms with van der Waals surface area (Å²) < 4.78 is 11.3. The standard InChI is InChI=1S/C31H39N7O3S/c1-6-28(39)32-24-19-25(27(40-5)20-26(24)37(4)11-12-38-13-15-41-16-14-38)34-31-33-23-10-17-42-30(23)29(35-31)21-8-7-9-22(18-21)36(2)3/h6-10,17-20,29-30H,1,11-16H2,2-5H3,(H,32,39)(H,34,35). The molecule has 1 fully saturated rings. The first kappa shape index (κ1) is 29.7. The first-order valence-electron chi connectivity index (χ1n) is 14.1. The Morgan fingerprint density at radius 1 is 1.21 bits per heavy atom. The largest absolute Gasteiger partial charge is 0.494 e. The minimum absolute atomic E-state index is 0.111. The summed E-state index contributed by atoms with van der Waals surface area (Å²) in [6.45, 7) is 8.62. The summed E-state index contributed by atoms with van der Waals surface area (Å²) in [6.07, 6.45) is 3.32. The fraction of sp³-hybridized carbons (Fsp3) is 0.387. The number of ether oxygens (including phenoxy) is 2. The van der Waals surface area contributed by atoms with E-state index < -0.39 is 0 Å². The summed E-state index contributed by atoms with van der Waals surface area (Å²) in [7, 11) is 7.72. The second kappa shape index (κ2) is 13.5. The van der Waals surface area contributed by atoms with Crippen LogP contribution in [-0.4, -0.2) is 95.4 Å². The van der Waals surface area contributed by atoms with Crippen LogP contribution >= 0.6 is 11.8 Å². The molecule has 2 aromatic carbocycles. The highest BCUT2D eigenvalue weighted by atomic mass is 32.2. The molecule has 0 spiro atoms. The number of methoxy groups -OCH3 is 1. The molecule has 42 heavy (non-hydrogen) atoms. The van der Waals surface area contributed by atoms with Gasteiger partial charge in [0.25, 0.3) is 0 Å². The van der Waals surface area contributed by atoms with Crippen LogP contribution in [0.4, 0.5) is 22.7 Å². The van der Waals surface area contributed by atoms with Crippen molar-refractivity contribution in [2.24, 2.45) is 9.98 Å². The van der Waals surface area contributed by atoms with Crippen molar-refractivity contribution in [3.63, 3.8) is 0 Å². The van der Waals surface area contributed by atoms with Crippen molar-refractivity contribution in [2.75, 3.05) is 88.1 Å². The number of amides is 1. The number of carbonyl (C=O) groups is 1. The number of likely N-dealkylation sites (N-methyl/N-ethyl adjacent to an activating group) is 1. The monoisotopic (exact) mass is 589 g/mol. The zero-order chi connectivity index (χ0) is 29.6. The number of thioether (sulfide) groups is 1. The lowest BCUT2D eigenvalue weighted by Gasteiger charge is -2.30. The summed E-state index contributed by atoms with van der Waals surface area (Å²) in [5.74, 6) is 0.815. The van der Waals surface area contributed by atoms with Crippen LogP contribution < -0.4 is 25.2 Å². The van der Waals surface area contributed by atoms with Crippen LogP contribution in [0.5, 0.6) is 5.75 Å². The molecular weight excluding hydrogens is 550 g/mol. The average Bonchev–Trinajstić information content (AvgIpc) is 3.49. The first-order valence-corrected chi connectivity index (χ1v) is 15.0. The summed E-state index contributed by atoms with van der Waals surface area (Å²) >= 11 is 1.73. The number of fused-ring (bicyclic) bond motifs is 1. The molecule has 0 aliphatic carbocycles. The van der Waals surface area contributed by atoms with Crippen molar-refractivity contribution in [2.45, 2.75) is 11.3 Å². The zero-order valence-corrected chi connectivity index (χ0v) is 25.5. The number of hydrogen-bond acceptors (Lipinski definition) is 10. The Kier molecular flexibility index (Phi) is 9.51. The predicted molar refractivity (Wildman–Crippen MR) is 175 cm³/mol. The maximum atomic E-state index is 12.4. The molecule has 0 radical (unpaired) electrons. The van der Waals surface area contributed by atoms with E-state index in [1.165, 1.54) is 6.08 Å². The third-order valence-corrected chi connectivity index (χ3v) is 8.63. The number of nitrogens with one attached hydrogen (secondary N) is 2. The van der Waals surface area contributed by atoms with Gasteiger partial charge in [0, 0.05) is 59.1 Å². The van der Waals surface area contributed by atoms with Crippen LogP contribution in [0, 0.1) is 0 Å².